The summed E-state index contributed by atoms with van der Waals surface area (Å²) in [5.74, 6) is 0.491. The molecule has 0 radical (unpaired) electrons. The predicted octanol–water partition coefficient (Wildman–Crippen LogP) is 3.34. The topological polar surface area (TPSA) is 66.9 Å². The van der Waals surface area contributed by atoms with Crippen LogP contribution in [0.3, 0.4) is 0 Å². The van der Waals surface area contributed by atoms with Crippen LogP contribution in [0.4, 0.5) is 5.69 Å². The summed E-state index contributed by atoms with van der Waals surface area (Å²) in [5, 5.41) is 11.6. The highest BCUT2D eigenvalue weighted by molar-refractivity contribution is 7.09. The molecule has 0 spiro atoms. The van der Waals surface area contributed by atoms with Crippen molar-refractivity contribution in [1.82, 2.24) is 15.3 Å². The van der Waals surface area contributed by atoms with Gasteiger partial charge in [0.25, 0.3) is 0 Å². The van der Waals surface area contributed by atoms with Crippen molar-refractivity contribution in [3.05, 3.63) is 52.7 Å². The molecule has 0 bridgehead atoms. The minimum atomic E-state index is -0.0430. The van der Waals surface area contributed by atoms with E-state index in [1.165, 1.54) is 5.01 Å². The predicted molar refractivity (Wildman–Crippen MR) is 101 cm³/mol. The second-order valence-corrected chi connectivity index (χ2v) is 7.22. The Bertz CT molecular complexity index is 881. The number of pyridine rings is 1. The molecule has 128 valence electrons. The molecule has 1 saturated heterocycles. The zero-order valence-electron chi connectivity index (χ0n) is 13.9. The van der Waals surface area contributed by atoms with Crippen LogP contribution in [0.1, 0.15) is 29.5 Å². The van der Waals surface area contributed by atoms with Gasteiger partial charge in [-0.05, 0) is 43.5 Å². The molecule has 5 nitrogen and oxygen atoms in total. The van der Waals surface area contributed by atoms with E-state index in [9.17, 15) is 4.79 Å². The largest absolute Gasteiger partial charge is 0.325 e. The number of piperidine rings is 1. The molecule has 4 rings (SSSR count). The van der Waals surface area contributed by atoms with Gasteiger partial charge in [0.2, 0.25) is 5.91 Å². The summed E-state index contributed by atoms with van der Waals surface area (Å²) in [4.78, 5) is 21.3. The van der Waals surface area contributed by atoms with Crippen molar-refractivity contribution in [3.63, 3.8) is 0 Å². The zero-order chi connectivity index (χ0) is 17.1. The number of carbonyl (C=O) groups is 1. The number of hydrogen-bond acceptors (Lipinski definition) is 5. The van der Waals surface area contributed by atoms with Crippen LogP contribution in [0.15, 0.2) is 42.0 Å². The SMILES string of the molecule is O=C(Cc1csc(C2CCNCC2)n1)Nc1cccc2ccncc12. The lowest BCUT2D eigenvalue weighted by Gasteiger charge is -2.20. The molecule has 2 aromatic heterocycles. The number of anilines is 1. The van der Waals surface area contributed by atoms with E-state index in [0.29, 0.717) is 12.3 Å². The van der Waals surface area contributed by atoms with E-state index in [4.69, 9.17) is 4.98 Å². The standard InChI is InChI=1S/C19H20N4OS/c24-18(23-17-3-1-2-13-4-9-21-11-16(13)17)10-15-12-25-19(22-15)14-5-7-20-8-6-14/h1-4,9,11-12,14,20H,5-8,10H2,(H,23,24). The lowest BCUT2D eigenvalue weighted by Crippen LogP contribution is -2.26. The number of rotatable bonds is 4. The first-order valence-electron chi connectivity index (χ1n) is 8.57. The first-order chi connectivity index (χ1) is 12.3. The molecular weight excluding hydrogens is 332 g/mol. The van der Waals surface area contributed by atoms with Gasteiger partial charge in [-0.2, -0.15) is 0 Å². The maximum absolute atomic E-state index is 12.4. The summed E-state index contributed by atoms with van der Waals surface area (Å²) in [7, 11) is 0. The second kappa shape index (κ2) is 7.29. The Labute approximate surface area is 150 Å². The maximum atomic E-state index is 12.4. The third-order valence-electron chi connectivity index (χ3n) is 4.56. The van der Waals surface area contributed by atoms with E-state index in [0.717, 1.165) is 48.1 Å². The summed E-state index contributed by atoms with van der Waals surface area (Å²) in [6.45, 7) is 2.10. The molecule has 2 N–H and O–H groups in total. The first-order valence-corrected chi connectivity index (χ1v) is 9.45. The van der Waals surface area contributed by atoms with Gasteiger partial charge in [0, 0.05) is 29.1 Å². The zero-order valence-corrected chi connectivity index (χ0v) is 14.7. The minimum absolute atomic E-state index is 0.0430. The van der Waals surface area contributed by atoms with Crippen LogP contribution in [0.2, 0.25) is 0 Å². The smallest absolute Gasteiger partial charge is 0.230 e. The van der Waals surface area contributed by atoms with Crippen molar-refractivity contribution in [1.29, 1.82) is 0 Å². The molecule has 6 heteroatoms. The molecule has 0 unspecified atom stereocenters. The Morgan fingerprint density at radius 1 is 1.28 bits per heavy atom. The number of amides is 1. The van der Waals surface area contributed by atoms with Crippen LogP contribution < -0.4 is 10.6 Å². The van der Waals surface area contributed by atoms with Gasteiger partial charge in [-0.3, -0.25) is 9.78 Å². The van der Waals surface area contributed by atoms with Crippen molar-refractivity contribution < 1.29 is 4.79 Å². The third-order valence-corrected chi connectivity index (χ3v) is 5.61. The molecule has 0 atom stereocenters. The molecule has 3 aromatic rings. The molecule has 1 aromatic carbocycles. The number of hydrogen-bond donors (Lipinski definition) is 2. The van der Waals surface area contributed by atoms with E-state index in [1.54, 1.807) is 23.7 Å². The Kier molecular flexibility index (Phi) is 4.72. The fraction of sp³-hybridized carbons (Fsp3) is 0.316. The number of thiazole rings is 1. The third kappa shape index (κ3) is 3.70. The van der Waals surface area contributed by atoms with Crippen molar-refractivity contribution >= 4 is 33.7 Å². The molecule has 3 heterocycles. The average Bonchev–Trinajstić information content (AvgIpc) is 3.11. The van der Waals surface area contributed by atoms with Gasteiger partial charge in [0.15, 0.2) is 0 Å². The molecule has 0 aliphatic carbocycles. The number of benzene rings is 1. The van der Waals surface area contributed by atoms with E-state index < -0.39 is 0 Å². The van der Waals surface area contributed by atoms with Crippen LogP contribution in [0, 0.1) is 0 Å². The summed E-state index contributed by atoms with van der Waals surface area (Å²) < 4.78 is 0. The summed E-state index contributed by atoms with van der Waals surface area (Å²) in [6, 6.07) is 7.80. The lowest BCUT2D eigenvalue weighted by atomic mass is 9.99. The van der Waals surface area contributed by atoms with Gasteiger partial charge >= 0.3 is 0 Å². The lowest BCUT2D eigenvalue weighted by molar-refractivity contribution is -0.115. The minimum Gasteiger partial charge on any atom is -0.325 e. The first kappa shape index (κ1) is 16.2. The van der Waals surface area contributed by atoms with Gasteiger partial charge in [0.05, 0.1) is 22.8 Å². The van der Waals surface area contributed by atoms with E-state index in [1.807, 2.05) is 29.6 Å². The van der Waals surface area contributed by atoms with Crippen LogP contribution >= 0.6 is 11.3 Å². The highest BCUT2D eigenvalue weighted by atomic mass is 32.1. The van der Waals surface area contributed by atoms with Gasteiger partial charge in [-0.1, -0.05) is 12.1 Å². The Balaban J connectivity index is 1.44. The summed E-state index contributed by atoms with van der Waals surface area (Å²) >= 11 is 1.68. The molecule has 25 heavy (non-hydrogen) atoms. The number of aromatic nitrogens is 2. The Morgan fingerprint density at radius 3 is 3.04 bits per heavy atom. The molecule has 1 amide bonds. The van der Waals surface area contributed by atoms with Gasteiger partial charge in [0.1, 0.15) is 0 Å². The van der Waals surface area contributed by atoms with Gasteiger partial charge in [-0.15, -0.1) is 11.3 Å². The second-order valence-electron chi connectivity index (χ2n) is 6.33. The van der Waals surface area contributed by atoms with Crippen molar-refractivity contribution in [2.75, 3.05) is 18.4 Å². The highest BCUT2D eigenvalue weighted by Gasteiger charge is 2.19. The summed E-state index contributed by atoms with van der Waals surface area (Å²) in [5.41, 5.74) is 1.65. The van der Waals surface area contributed by atoms with Crippen LogP contribution in [0.5, 0.6) is 0 Å². The van der Waals surface area contributed by atoms with Crippen molar-refractivity contribution in [2.45, 2.75) is 25.2 Å². The number of nitrogens with one attached hydrogen (secondary N) is 2. The van der Waals surface area contributed by atoms with Gasteiger partial charge < -0.3 is 10.6 Å². The average molecular weight is 352 g/mol. The highest BCUT2D eigenvalue weighted by Crippen LogP contribution is 2.28. The quantitative estimate of drug-likeness (QED) is 0.756. The Morgan fingerprint density at radius 2 is 2.16 bits per heavy atom. The molecule has 1 fully saturated rings. The van der Waals surface area contributed by atoms with Crippen molar-refractivity contribution in [2.24, 2.45) is 0 Å². The maximum Gasteiger partial charge on any atom is 0.230 e. The number of carbonyl (C=O) groups excluding carboxylic acids is 1. The van der Waals surface area contributed by atoms with E-state index in [2.05, 4.69) is 15.6 Å². The molecule has 1 aliphatic rings. The fourth-order valence-corrected chi connectivity index (χ4v) is 4.23. The van der Waals surface area contributed by atoms with Crippen LogP contribution in [-0.4, -0.2) is 29.0 Å². The van der Waals surface area contributed by atoms with E-state index in [-0.39, 0.29) is 5.91 Å². The number of nitrogens with zero attached hydrogens (tertiary/aromatic N) is 2. The van der Waals surface area contributed by atoms with E-state index >= 15 is 0 Å². The Hall–Kier alpha value is -2.31. The molecule has 1 aliphatic heterocycles. The summed E-state index contributed by atoms with van der Waals surface area (Å²) in [6.07, 6.45) is 6.09. The fourth-order valence-electron chi connectivity index (χ4n) is 3.24. The van der Waals surface area contributed by atoms with Crippen LogP contribution in [0.25, 0.3) is 10.8 Å². The molecule has 0 saturated carbocycles. The van der Waals surface area contributed by atoms with Crippen molar-refractivity contribution in [3.8, 4) is 0 Å². The van der Waals surface area contributed by atoms with Gasteiger partial charge in [-0.25, -0.2) is 4.98 Å². The van der Waals surface area contributed by atoms with Crippen LogP contribution in [-0.2, 0) is 11.2 Å². The number of fused-ring (bicyclic) bond motifs is 1. The molecular formula is C19H20N4OS. The normalized spacial score (nSPS) is 15.4. The monoisotopic (exact) mass is 352 g/mol.